The molecule has 0 radical (unpaired) electrons. The van der Waals surface area contributed by atoms with Crippen molar-refractivity contribution in [1.82, 2.24) is 4.90 Å². The van der Waals surface area contributed by atoms with Gasteiger partial charge in [-0.2, -0.15) is 0 Å². The summed E-state index contributed by atoms with van der Waals surface area (Å²) in [5, 5.41) is 0. The minimum atomic E-state index is 0.183. The van der Waals surface area contributed by atoms with Gasteiger partial charge < -0.3 is 15.4 Å². The van der Waals surface area contributed by atoms with Crippen molar-refractivity contribution in [3.8, 4) is 0 Å². The van der Waals surface area contributed by atoms with E-state index in [0.29, 0.717) is 23.8 Å². The number of likely N-dealkylation sites (tertiary alicyclic amines) is 1. The average molecular weight is 266 g/mol. The van der Waals surface area contributed by atoms with Gasteiger partial charge >= 0.3 is 0 Å². The van der Waals surface area contributed by atoms with E-state index in [-0.39, 0.29) is 12.0 Å². The van der Waals surface area contributed by atoms with Crippen LogP contribution in [0.25, 0.3) is 0 Å². The van der Waals surface area contributed by atoms with Crippen LogP contribution in [0.5, 0.6) is 0 Å². The molecule has 3 fully saturated rings. The first-order chi connectivity index (χ1) is 9.19. The van der Waals surface area contributed by atoms with Crippen molar-refractivity contribution in [3.05, 3.63) is 0 Å². The van der Waals surface area contributed by atoms with Crippen molar-refractivity contribution in [1.29, 1.82) is 0 Å². The second-order valence-electron chi connectivity index (χ2n) is 6.66. The monoisotopic (exact) mass is 266 g/mol. The van der Waals surface area contributed by atoms with Gasteiger partial charge in [-0.05, 0) is 32.1 Å². The molecule has 0 spiro atoms. The number of amides is 1. The average Bonchev–Trinajstić information content (AvgIpc) is 2.66. The third-order valence-electron chi connectivity index (χ3n) is 5.40. The molecule has 2 bridgehead atoms. The molecule has 5 atom stereocenters. The molecule has 1 aliphatic heterocycles. The second-order valence-corrected chi connectivity index (χ2v) is 6.66. The quantitative estimate of drug-likeness (QED) is 0.821. The van der Waals surface area contributed by atoms with Gasteiger partial charge in [0.1, 0.15) is 0 Å². The molecule has 2 aliphatic carbocycles. The van der Waals surface area contributed by atoms with E-state index in [2.05, 4.69) is 4.90 Å². The number of ether oxygens (including phenoxy) is 1. The maximum Gasteiger partial charge on any atom is 0.225 e. The summed E-state index contributed by atoms with van der Waals surface area (Å²) in [6.07, 6.45) is 6.94. The highest BCUT2D eigenvalue weighted by Gasteiger charge is 2.44. The van der Waals surface area contributed by atoms with Crippen LogP contribution in [0.2, 0.25) is 0 Å². The van der Waals surface area contributed by atoms with Gasteiger partial charge in [-0.3, -0.25) is 4.79 Å². The molecule has 1 amide bonds. The number of hydrogen-bond acceptors (Lipinski definition) is 3. The molecule has 4 nitrogen and oxygen atoms in total. The lowest BCUT2D eigenvalue weighted by molar-refractivity contribution is -0.142. The number of hydrogen-bond donors (Lipinski definition) is 1. The maximum absolute atomic E-state index is 12.6. The standard InChI is InChI=1S/C15H26N2O2/c1-19-14-11-5-6-12(14)9-17(8-11)15(18)10-3-2-4-13(16)7-10/h10-14H,2-9,16H2,1H3/t10-,11-,12+,13+,14?/m1/s1. The van der Waals surface area contributed by atoms with E-state index < -0.39 is 0 Å². The van der Waals surface area contributed by atoms with E-state index in [1.807, 2.05) is 7.11 Å². The predicted molar refractivity (Wildman–Crippen MR) is 73.5 cm³/mol. The van der Waals surface area contributed by atoms with E-state index >= 15 is 0 Å². The lowest BCUT2D eigenvalue weighted by Crippen LogP contribution is -2.50. The fraction of sp³-hybridized carbons (Fsp3) is 0.933. The van der Waals surface area contributed by atoms with Crippen LogP contribution in [0.15, 0.2) is 0 Å². The normalized spacial score (nSPS) is 42.4. The second kappa shape index (κ2) is 5.41. The van der Waals surface area contributed by atoms with Crippen LogP contribution >= 0.6 is 0 Å². The number of carbonyl (C=O) groups is 1. The molecular weight excluding hydrogens is 240 g/mol. The Morgan fingerprint density at radius 1 is 1.16 bits per heavy atom. The minimum absolute atomic E-state index is 0.183. The fourth-order valence-corrected chi connectivity index (χ4v) is 4.45. The zero-order valence-corrected chi connectivity index (χ0v) is 11.9. The Morgan fingerprint density at radius 2 is 1.84 bits per heavy atom. The summed E-state index contributed by atoms with van der Waals surface area (Å²) in [7, 11) is 1.81. The molecule has 0 aromatic heterocycles. The topological polar surface area (TPSA) is 55.6 Å². The van der Waals surface area contributed by atoms with Gasteiger partial charge in [0.15, 0.2) is 0 Å². The number of nitrogens with zero attached hydrogens (tertiary/aromatic N) is 1. The molecule has 0 aromatic rings. The Kier molecular flexibility index (Phi) is 3.81. The number of rotatable bonds is 2. The molecule has 3 rings (SSSR count). The molecule has 0 aromatic carbocycles. The lowest BCUT2D eigenvalue weighted by Gasteiger charge is -2.39. The van der Waals surface area contributed by atoms with Gasteiger partial charge in [0.25, 0.3) is 0 Å². The molecule has 3 aliphatic rings. The van der Waals surface area contributed by atoms with Crippen molar-refractivity contribution in [2.75, 3.05) is 20.2 Å². The SMILES string of the molecule is COC1[C@@H]2CC[C@H]1CN(C(=O)[C@@H]1CCC[C@H](N)C1)C2. The van der Waals surface area contributed by atoms with Gasteiger partial charge in [-0.15, -0.1) is 0 Å². The minimum Gasteiger partial charge on any atom is -0.381 e. The van der Waals surface area contributed by atoms with Gasteiger partial charge in [-0.1, -0.05) is 6.42 Å². The van der Waals surface area contributed by atoms with Crippen LogP contribution in [0.1, 0.15) is 38.5 Å². The Balaban J connectivity index is 1.62. The highest BCUT2D eigenvalue weighted by molar-refractivity contribution is 5.79. The largest absolute Gasteiger partial charge is 0.381 e. The Bertz CT molecular complexity index is 333. The molecule has 2 N–H and O–H groups in total. The molecule has 19 heavy (non-hydrogen) atoms. The Morgan fingerprint density at radius 3 is 2.42 bits per heavy atom. The van der Waals surface area contributed by atoms with E-state index in [1.165, 1.54) is 12.8 Å². The first kappa shape index (κ1) is 13.4. The molecule has 1 unspecified atom stereocenters. The van der Waals surface area contributed by atoms with Crippen LogP contribution in [0.3, 0.4) is 0 Å². The Labute approximate surface area is 115 Å². The molecule has 1 saturated heterocycles. The summed E-state index contributed by atoms with van der Waals surface area (Å²) in [5.41, 5.74) is 6.01. The molecular formula is C15H26N2O2. The van der Waals surface area contributed by atoms with Gasteiger partial charge in [0, 0.05) is 44.0 Å². The number of fused-ring (bicyclic) bond motifs is 2. The van der Waals surface area contributed by atoms with Crippen LogP contribution in [0.4, 0.5) is 0 Å². The van der Waals surface area contributed by atoms with E-state index in [9.17, 15) is 4.79 Å². The van der Waals surface area contributed by atoms with Crippen LogP contribution in [0, 0.1) is 17.8 Å². The van der Waals surface area contributed by atoms with Crippen LogP contribution in [-0.2, 0) is 9.53 Å². The zero-order chi connectivity index (χ0) is 13.4. The fourth-order valence-electron chi connectivity index (χ4n) is 4.45. The van der Waals surface area contributed by atoms with Gasteiger partial charge in [0.05, 0.1) is 6.10 Å². The maximum atomic E-state index is 12.6. The summed E-state index contributed by atoms with van der Waals surface area (Å²) >= 11 is 0. The molecule has 108 valence electrons. The summed E-state index contributed by atoms with van der Waals surface area (Å²) in [6, 6.07) is 0.232. The number of piperidine rings is 1. The van der Waals surface area contributed by atoms with Gasteiger partial charge in [-0.25, -0.2) is 0 Å². The van der Waals surface area contributed by atoms with Gasteiger partial charge in [0.2, 0.25) is 5.91 Å². The number of nitrogens with two attached hydrogens (primary N) is 1. The van der Waals surface area contributed by atoms with Crippen molar-refractivity contribution < 1.29 is 9.53 Å². The summed E-state index contributed by atoms with van der Waals surface area (Å²) in [6.45, 7) is 1.80. The lowest BCUT2D eigenvalue weighted by atomic mass is 9.84. The highest BCUT2D eigenvalue weighted by Crippen LogP contribution is 2.39. The molecule has 2 saturated carbocycles. The Hall–Kier alpha value is -0.610. The third-order valence-corrected chi connectivity index (χ3v) is 5.40. The van der Waals surface area contributed by atoms with E-state index in [4.69, 9.17) is 10.5 Å². The summed E-state index contributed by atoms with van der Waals surface area (Å²) in [5.74, 6) is 1.67. The zero-order valence-electron chi connectivity index (χ0n) is 11.9. The van der Waals surface area contributed by atoms with E-state index in [1.54, 1.807) is 0 Å². The van der Waals surface area contributed by atoms with Crippen molar-refractivity contribution in [2.24, 2.45) is 23.5 Å². The van der Waals surface area contributed by atoms with Crippen molar-refractivity contribution >= 4 is 5.91 Å². The number of carbonyl (C=O) groups excluding carboxylic acids is 1. The van der Waals surface area contributed by atoms with Crippen LogP contribution in [-0.4, -0.2) is 43.2 Å². The predicted octanol–water partition coefficient (Wildman–Crippen LogP) is 1.39. The highest BCUT2D eigenvalue weighted by atomic mass is 16.5. The third kappa shape index (κ3) is 2.52. The number of methoxy groups -OCH3 is 1. The van der Waals surface area contributed by atoms with Crippen LogP contribution < -0.4 is 5.73 Å². The summed E-state index contributed by atoms with van der Waals surface area (Å²) in [4.78, 5) is 14.8. The first-order valence-corrected chi connectivity index (χ1v) is 7.76. The molecule has 4 heteroatoms. The smallest absolute Gasteiger partial charge is 0.225 e. The summed E-state index contributed by atoms with van der Waals surface area (Å²) < 4.78 is 5.61. The van der Waals surface area contributed by atoms with Crippen molar-refractivity contribution in [3.63, 3.8) is 0 Å². The molecule has 1 heterocycles. The first-order valence-electron chi connectivity index (χ1n) is 7.76. The van der Waals surface area contributed by atoms with E-state index in [0.717, 1.165) is 38.8 Å². The van der Waals surface area contributed by atoms with Crippen molar-refractivity contribution in [2.45, 2.75) is 50.7 Å².